The van der Waals surface area contributed by atoms with E-state index in [1.54, 1.807) is 19.9 Å². The normalized spacial score (nSPS) is 9.70. The first-order chi connectivity index (χ1) is 9.45. The van der Waals surface area contributed by atoms with E-state index in [0.717, 1.165) is 0 Å². The first-order valence-electron chi connectivity index (χ1n) is 5.88. The Kier molecular flexibility index (Phi) is 5.52. The van der Waals surface area contributed by atoms with Gasteiger partial charge in [0, 0.05) is 5.56 Å². The van der Waals surface area contributed by atoms with Crippen LogP contribution in [-0.2, 0) is 9.53 Å². The minimum Gasteiger partial charge on any atom is -0.483 e. The maximum atomic E-state index is 11.4. The number of carbonyl (C=O) groups is 3. The van der Waals surface area contributed by atoms with Crippen LogP contribution in [0, 0.1) is 6.92 Å². The number of amides is 2. The SMILES string of the molecule is CCOC(=O)NC(=O)COc1cccc(C(=O)O)c1C. The van der Waals surface area contributed by atoms with Gasteiger partial charge in [0.05, 0.1) is 12.2 Å². The molecule has 1 aromatic rings. The molecule has 0 spiro atoms. The Labute approximate surface area is 115 Å². The Morgan fingerprint density at radius 3 is 2.60 bits per heavy atom. The molecule has 108 valence electrons. The van der Waals surface area contributed by atoms with Crippen LogP contribution in [0.5, 0.6) is 5.75 Å². The van der Waals surface area contributed by atoms with E-state index in [1.807, 2.05) is 5.32 Å². The van der Waals surface area contributed by atoms with E-state index in [1.165, 1.54) is 12.1 Å². The number of rotatable bonds is 5. The Morgan fingerprint density at radius 1 is 1.30 bits per heavy atom. The number of benzene rings is 1. The largest absolute Gasteiger partial charge is 0.483 e. The van der Waals surface area contributed by atoms with Gasteiger partial charge in [-0.2, -0.15) is 0 Å². The number of nitrogens with one attached hydrogen (secondary N) is 1. The van der Waals surface area contributed by atoms with Crippen molar-refractivity contribution in [1.29, 1.82) is 0 Å². The molecule has 2 N–H and O–H groups in total. The fourth-order valence-electron chi connectivity index (χ4n) is 1.46. The summed E-state index contributed by atoms with van der Waals surface area (Å²) in [4.78, 5) is 33.3. The lowest BCUT2D eigenvalue weighted by atomic mass is 10.1. The average Bonchev–Trinajstić information content (AvgIpc) is 2.37. The van der Waals surface area contributed by atoms with Crippen LogP contribution in [-0.4, -0.2) is 36.3 Å². The molecule has 0 unspecified atom stereocenters. The maximum absolute atomic E-state index is 11.4. The van der Waals surface area contributed by atoms with Gasteiger partial charge in [0.2, 0.25) is 0 Å². The maximum Gasteiger partial charge on any atom is 0.413 e. The molecule has 0 saturated carbocycles. The molecule has 20 heavy (non-hydrogen) atoms. The summed E-state index contributed by atoms with van der Waals surface area (Å²) in [5.41, 5.74) is 0.497. The molecule has 0 aliphatic rings. The van der Waals surface area contributed by atoms with Crippen LogP contribution in [0.25, 0.3) is 0 Å². The van der Waals surface area contributed by atoms with Gasteiger partial charge >= 0.3 is 12.1 Å². The van der Waals surface area contributed by atoms with Crippen LogP contribution in [0.1, 0.15) is 22.8 Å². The number of carboxylic acid groups (broad SMARTS) is 1. The minimum atomic E-state index is -1.08. The van der Waals surface area contributed by atoms with Gasteiger partial charge in [-0.25, -0.2) is 9.59 Å². The number of aromatic carboxylic acids is 1. The van der Waals surface area contributed by atoms with Gasteiger partial charge in [0.25, 0.3) is 5.91 Å². The van der Waals surface area contributed by atoms with Crippen molar-refractivity contribution in [2.75, 3.05) is 13.2 Å². The zero-order valence-corrected chi connectivity index (χ0v) is 11.1. The summed E-state index contributed by atoms with van der Waals surface area (Å²) in [7, 11) is 0. The lowest BCUT2D eigenvalue weighted by Crippen LogP contribution is -2.34. The van der Waals surface area contributed by atoms with Crippen molar-refractivity contribution in [1.82, 2.24) is 5.32 Å². The second-order valence-corrected chi connectivity index (χ2v) is 3.79. The molecular weight excluding hydrogens is 266 g/mol. The Morgan fingerprint density at radius 2 is 2.00 bits per heavy atom. The minimum absolute atomic E-state index is 0.0910. The summed E-state index contributed by atoms with van der Waals surface area (Å²) >= 11 is 0. The van der Waals surface area contributed by atoms with Crippen LogP contribution in [0.4, 0.5) is 4.79 Å². The molecule has 0 heterocycles. The molecule has 0 bridgehead atoms. The first-order valence-corrected chi connectivity index (χ1v) is 5.88. The third-order valence-corrected chi connectivity index (χ3v) is 2.39. The lowest BCUT2D eigenvalue weighted by molar-refractivity contribution is -0.122. The topological polar surface area (TPSA) is 102 Å². The van der Waals surface area contributed by atoms with Crippen molar-refractivity contribution in [3.05, 3.63) is 29.3 Å². The van der Waals surface area contributed by atoms with E-state index in [4.69, 9.17) is 9.84 Å². The highest BCUT2D eigenvalue weighted by Crippen LogP contribution is 2.21. The van der Waals surface area contributed by atoms with Gasteiger partial charge in [-0.05, 0) is 26.0 Å². The van der Waals surface area contributed by atoms with Crippen molar-refractivity contribution >= 4 is 18.0 Å². The van der Waals surface area contributed by atoms with Crippen LogP contribution in [0.15, 0.2) is 18.2 Å². The zero-order valence-electron chi connectivity index (χ0n) is 11.1. The monoisotopic (exact) mass is 281 g/mol. The smallest absolute Gasteiger partial charge is 0.413 e. The average molecular weight is 281 g/mol. The van der Waals surface area contributed by atoms with Gasteiger partial charge in [-0.1, -0.05) is 6.07 Å². The summed E-state index contributed by atoms with van der Waals surface area (Å²) in [6.45, 7) is 2.92. The van der Waals surface area contributed by atoms with E-state index >= 15 is 0 Å². The van der Waals surface area contributed by atoms with Crippen LogP contribution in [0.3, 0.4) is 0 Å². The number of carbonyl (C=O) groups excluding carboxylic acids is 2. The molecule has 0 aliphatic carbocycles. The number of ether oxygens (including phenoxy) is 2. The number of hydrogen-bond donors (Lipinski definition) is 2. The van der Waals surface area contributed by atoms with Gasteiger partial charge in [0.15, 0.2) is 6.61 Å². The Hall–Kier alpha value is -2.57. The van der Waals surface area contributed by atoms with E-state index in [-0.39, 0.29) is 17.9 Å². The summed E-state index contributed by atoms with van der Waals surface area (Å²) < 4.78 is 9.72. The third kappa shape index (κ3) is 4.27. The van der Waals surface area contributed by atoms with Gasteiger partial charge in [-0.3, -0.25) is 10.1 Å². The van der Waals surface area contributed by atoms with Crippen LogP contribution in [0.2, 0.25) is 0 Å². The van der Waals surface area contributed by atoms with Crippen molar-refractivity contribution < 1.29 is 29.0 Å². The van der Waals surface area contributed by atoms with Gasteiger partial charge in [0.1, 0.15) is 5.75 Å². The molecule has 0 atom stereocenters. The highest BCUT2D eigenvalue weighted by molar-refractivity contribution is 5.93. The molecule has 0 aliphatic heterocycles. The van der Waals surface area contributed by atoms with Crippen molar-refractivity contribution in [2.24, 2.45) is 0 Å². The number of alkyl carbamates (subject to hydrolysis) is 1. The quantitative estimate of drug-likeness (QED) is 0.844. The first kappa shape index (κ1) is 15.5. The summed E-state index contributed by atoms with van der Waals surface area (Å²) in [6, 6.07) is 4.48. The van der Waals surface area contributed by atoms with Crippen LogP contribution < -0.4 is 10.1 Å². The van der Waals surface area contributed by atoms with Gasteiger partial charge in [-0.15, -0.1) is 0 Å². The predicted octanol–water partition coefficient (Wildman–Crippen LogP) is 1.34. The van der Waals surface area contributed by atoms with Gasteiger partial charge < -0.3 is 14.6 Å². The van der Waals surface area contributed by atoms with Crippen molar-refractivity contribution in [2.45, 2.75) is 13.8 Å². The predicted molar refractivity (Wildman–Crippen MR) is 68.8 cm³/mol. The molecule has 7 nitrogen and oxygen atoms in total. The molecule has 1 aromatic carbocycles. The van der Waals surface area contributed by atoms with E-state index in [0.29, 0.717) is 5.56 Å². The Bertz CT molecular complexity index is 526. The van der Waals surface area contributed by atoms with Crippen molar-refractivity contribution in [3.8, 4) is 5.75 Å². The number of hydrogen-bond acceptors (Lipinski definition) is 5. The van der Waals surface area contributed by atoms with E-state index in [2.05, 4.69) is 4.74 Å². The third-order valence-electron chi connectivity index (χ3n) is 2.39. The summed E-state index contributed by atoms with van der Waals surface area (Å²) in [6.07, 6.45) is -0.850. The van der Waals surface area contributed by atoms with Crippen molar-refractivity contribution in [3.63, 3.8) is 0 Å². The zero-order chi connectivity index (χ0) is 15.1. The molecule has 7 heteroatoms. The highest BCUT2D eigenvalue weighted by Gasteiger charge is 2.13. The molecular formula is C13H15NO6. The molecule has 0 aromatic heterocycles. The fourth-order valence-corrected chi connectivity index (χ4v) is 1.46. The lowest BCUT2D eigenvalue weighted by Gasteiger charge is -2.10. The fraction of sp³-hybridized carbons (Fsp3) is 0.308. The standard InChI is InChI=1S/C13H15NO6/c1-3-19-13(18)14-11(15)7-20-10-6-4-5-9(8(10)2)12(16)17/h4-6H,3,7H2,1-2H3,(H,16,17)(H,14,15,18). The molecule has 0 fully saturated rings. The van der Waals surface area contributed by atoms with E-state index < -0.39 is 24.6 Å². The molecule has 1 rings (SSSR count). The molecule has 2 amide bonds. The highest BCUT2D eigenvalue weighted by atomic mass is 16.5. The second-order valence-electron chi connectivity index (χ2n) is 3.79. The number of carboxylic acids is 1. The summed E-state index contributed by atoms with van der Waals surface area (Å²) in [5.74, 6) is -1.49. The van der Waals surface area contributed by atoms with E-state index in [9.17, 15) is 14.4 Å². The number of imide groups is 1. The molecule has 0 radical (unpaired) electrons. The molecule has 0 saturated heterocycles. The Balaban J connectivity index is 2.62. The second kappa shape index (κ2) is 7.13. The summed E-state index contributed by atoms with van der Waals surface area (Å²) in [5, 5.41) is 10.9. The van der Waals surface area contributed by atoms with Crippen LogP contribution >= 0.6 is 0 Å².